The molecule has 0 saturated carbocycles. The molecule has 1 aromatic heterocycles. The average Bonchev–Trinajstić information content (AvgIpc) is 3.16. The van der Waals surface area contributed by atoms with E-state index in [0.717, 1.165) is 16.5 Å². The molecule has 0 amide bonds. The Morgan fingerprint density at radius 3 is 2.24 bits per heavy atom. The number of nitrogens with two attached hydrogens (primary N) is 1. The van der Waals surface area contributed by atoms with Crippen LogP contribution in [0.15, 0.2) is 71.7 Å². The van der Waals surface area contributed by atoms with Crippen LogP contribution < -0.4 is 15.2 Å². The van der Waals surface area contributed by atoms with Crippen LogP contribution in [0, 0.1) is 0 Å². The number of aromatic amines is 1. The van der Waals surface area contributed by atoms with Crippen LogP contribution in [0.1, 0.15) is 29.7 Å². The van der Waals surface area contributed by atoms with Crippen LogP contribution in [0.4, 0.5) is 5.69 Å². The van der Waals surface area contributed by atoms with Crippen LogP contribution in [-0.4, -0.2) is 35.8 Å². The Balaban J connectivity index is 1.90. The number of ether oxygens (including phenoxy) is 2. The number of ketones is 1. The summed E-state index contributed by atoms with van der Waals surface area (Å²) in [6.45, 7) is 1.47. The number of methoxy groups -OCH3 is 2. The quantitative estimate of drug-likeness (QED) is 0.360. The van der Waals surface area contributed by atoms with Crippen molar-refractivity contribution in [3.63, 3.8) is 0 Å². The highest BCUT2D eigenvalue weighted by Crippen LogP contribution is 2.38. The molecule has 1 atom stereocenters. The zero-order valence-corrected chi connectivity index (χ0v) is 18.6. The van der Waals surface area contributed by atoms with Gasteiger partial charge in [0, 0.05) is 17.0 Å². The molecular weight excluding hydrogens is 418 g/mol. The summed E-state index contributed by atoms with van der Waals surface area (Å²) in [4.78, 5) is 19.5. The van der Waals surface area contributed by atoms with Gasteiger partial charge in [-0.25, -0.2) is 4.99 Å². The number of nitrogens with one attached hydrogen (secondary N) is 1. The van der Waals surface area contributed by atoms with Crippen LogP contribution in [0.3, 0.4) is 0 Å². The van der Waals surface area contributed by atoms with Gasteiger partial charge in [0.2, 0.25) is 0 Å². The zero-order valence-electron chi connectivity index (χ0n) is 18.6. The van der Waals surface area contributed by atoms with Gasteiger partial charge < -0.3 is 25.3 Å². The van der Waals surface area contributed by atoms with Gasteiger partial charge in [-0.1, -0.05) is 42.5 Å². The number of hydrogen-bond donors (Lipinski definition) is 3. The van der Waals surface area contributed by atoms with E-state index >= 15 is 0 Å². The number of fused-ring (bicyclic) bond motifs is 1. The highest BCUT2D eigenvalue weighted by Gasteiger charge is 2.21. The molecule has 0 fully saturated rings. The van der Waals surface area contributed by atoms with Crippen LogP contribution in [0.5, 0.6) is 17.4 Å². The fraction of sp³-hybridized carbons (Fsp3) is 0.154. The van der Waals surface area contributed by atoms with Crippen molar-refractivity contribution in [2.75, 3.05) is 14.2 Å². The van der Waals surface area contributed by atoms with E-state index in [9.17, 15) is 9.90 Å². The molecule has 4 N–H and O–H groups in total. The minimum Gasteiger partial charge on any atom is -0.494 e. The van der Waals surface area contributed by atoms with Gasteiger partial charge in [-0.2, -0.15) is 0 Å². The van der Waals surface area contributed by atoms with Crippen molar-refractivity contribution in [3.05, 3.63) is 83.4 Å². The summed E-state index contributed by atoms with van der Waals surface area (Å²) in [5.74, 6) is 0.969. The SMILES string of the molecule is COc1cc2[nH]c(O)c(C(=Nc3ccc(C(N)C(C)=O)cc3)c3ccccc3)c2cc1OC. The van der Waals surface area contributed by atoms with Crippen molar-refractivity contribution in [3.8, 4) is 17.4 Å². The number of aromatic hydroxyl groups is 1. The fourth-order valence-electron chi connectivity index (χ4n) is 3.73. The number of hydrogen-bond acceptors (Lipinski definition) is 6. The lowest BCUT2D eigenvalue weighted by atomic mass is 10.00. The second kappa shape index (κ2) is 9.18. The van der Waals surface area contributed by atoms with Gasteiger partial charge in [0.1, 0.15) is 0 Å². The molecule has 4 aromatic rings. The van der Waals surface area contributed by atoms with Crippen molar-refractivity contribution in [1.29, 1.82) is 0 Å². The third-order valence-electron chi connectivity index (χ3n) is 5.50. The maximum atomic E-state index is 11.6. The second-order valence-electron chi connectivity index (χ2n) is 7.61. The molecule has 0 saturated heterocycles. The number of H-pyrrole nitrogens is 1. The van der Waals surface area contributed by atoms with E-state index in [1.807, 2.05) is 36.4 Å². The summed E-state index contributed by atoms with van der Waals surface area (Å²) in [6.07, 6.45) is 0. The lowest BCUT2D eigenvalue weighted by molar-refractivity contribution is -0.118. The molecular formula is C26H25N3O4. The number of aromatic nitrogens is 1. The third-order valence-corrected chi connectivity index (χ3v) is 5.50. The van der Waals surface area contributed by atoms with Gasteiger partial charge in [-0.15, -0.1) is 0 Å². The summed E-state index contributed by atoms with van der Waals surface area (Å²) in [5, 5.41) is 11.6. The van der Waals surface area contributed by atoms with E-state index in [0.29, 0.717) is 34.0 Å². The Hall–Kier alpha value is -4.10. The van der Waals surface area contributed by atoms with Crippen molar-refractivity contribution >= 4 is 28.1 Å². The van der Waals surface area contributed by atoms with Gasteiger partial charge in [0.25, 0.3) is 0 Å². The first-order valence-electron chi connectivity index (χ1n) is 10.4. The molecule has 3 aromatic carbocycles. The Morgan fingerprint density at radius 1 is 1.00 bits per heavy atom. The molecule has 0 radical (unpaired) electrons. The summed E-state index contributed by atoms with van der Waals surface area (Å²) < 4.78 is 10.9. The number of aliphatic imine (C=N–C) groups is 1. The lowest BCUT2D eigenvalue weighted by Crippen LogP contribution is -2.18. The van der Waals surface area contributed by atoms with Crippen molar-refractivity contribution in [2.24, 2.45) is 10.7 Å². The first-order chi connectivity index (χ1) is 15.9. The number of Topliss-reactive ketones (excluding diaryl/α,β-unsaturated/α-hetero) is 1. The number of rotatable bonds is 7. The first kappa shape index (κ1) is 22.1. The highest BCUT2D eigenvalue weighted by molar-refractivity contribution is 6.22. The molecule has 0 aliphatic rings. The summed E-state index contributed by atoms with van der Waals surface area (Å²) in [6, 6.07) is 19.7. The minimum absolute atomic E-state index is 0.0156. The van der Waals surface area contributed by atoms with Crippen molar-refractivity contribution in [2.45, 2.75) is 13.0 Å². The molecule has 0 spiro atoms. The van der Waals surface area contributed by atoms with E-state index in [2.05, 4.69) is 4.98 Å². The minimum atomic E-state index is -0.670. The molecule has 1 heterocycles. The number of benzene rings is 3. The van der Waals surface area contributed by atoms with E-state index in [4.69, 9.17) is 20.2 Å². The van der Waals surface area contributed by atoms with Crippen LogP contribution in [0.2, 0.25) is 0 Å². The van der Waals surface area contributed by atoms with Gasteiger partial charge in [0.05, 0.1) is 42.7 Å². The molecule has 7 heteroatoms. The molecule has 4 rings (SSSR count). The van der Waals surface area contributed by atoms with Crippen LogP contribution in [0.25, 0.3) is 10.9 Å². The number of carbonyl (C=O) groups excluding carboxylic acids is 1. The highest BCUT2D eigenvalue weighted by atomic mass is 16.5. The Bertz CT molecular complexity index is 1330. The first-order valence-corrected chi connectivity index (χ1v) is 10.4. The van der Waals surface area contributed by atoms with Crippen LogP contribution in [-0.2, 0) is 4.79 Å². The van der Waals surface area contributed by atoms with E-state index in [1.165, 1.54) is 6.92 Å². The molecule has 33 heavy (non-hydrogen) atoms. The van der Waals surface area contributed by atoms with Crippen molar-refractivity contribution < 1.29 is 19.4 Å². The van der Waals surface area contributed by atoms with Gasteiger partial charge in [0.15, 0.2) is 23.2 Å². The third kappa shape index (κ3) is 4.31. The monoisotopic (exact) mass is 443 g/mol. The second-order valence-corrected chi connectivity index (χ2v) is 7.61. The normalized spacial score (nSPS) is 12.5. The Labute approximate surface area is 191 Å². The van der Waals surface area contributed by atoms with E-state index in [-0.39, 0.29) is 11.7 Å². The van der Waals surface area contributed by atoms with Gasteiger partial charge >= 0.3 is 0 Å². The predicted octanol–water partition coefficient (Wildman–Crippen LogP) is 4.65. The number of nitrogens with zero attached hydrogens (tertiary/aromatic N) is 1. The van der Waals surface area contributed by atoms with E-state index in [1.54, 1.807) is 44.6 Å². The Kier molecular flexibility index (Phi) is 6.15. The zero-order chi connectivity index (χ0) is 23.5. The smallest absolute Gasteiger partial charge is 0.199 e. The lowest BCUT2D eigenvalue weighted by Gasteiger charge is -2.11. The maximum absolute atomic E-state index is 11.6. The summed E-state index contributed by atoms with van der Waals surface area (Å²) in [5.41, 5.74) is 9.95. The van der Waals surface area contributed by atoms with Gasteiger partial charge in [-0.3, -0.25) is 4.79 Å². The molecule has 0 aliphatic carbocycles. The summed E-state index contributed by atoms with van der Waals surface area (Å²) >= 11 is 0. The fourth-order valence-corrected chi connectivity index (χ4v) is 3.73. The molecule has 168 valence electrons. The van der Waals surface area contributed by atoms with Crippen LogP contribution >= 0.6 is 0 Å². The largest absolute Gasteiger partial charge is 0.494 e. The molecule has 1 unspecified atom stereocenters. The van der Waals surface area contributed by atoms with E-state index < -0.39 is 6.04 Å². The van der Waals surface area contributed by atoms with Crippen molar-refractivity contribution in [1.82, 2.24) is 4.98 Å². The standard InChI is InChI=1S/C26H25N3O4/c1-15(30)24(27)16-9-11-18(12-10-16)28-25(17-7-5-4-6-8-17)23-19-13-21(32-2)22(33-3)14-20(19)29-26(23)31/h4-14,24,29,31H,27H2,1-3H3. The van der Waals surface area contributed by atoms with Gasteiger partial charge in [-0.05, 0) is 30.7 Å². The molecule has 7 nitrogen and oxygen atoms in total. The molecule has 0 aliphatic heterocycles. The predicted molar refractivity (Wildman–Crippen MR) is 129 cm³/mol. The maximum Gasteiger partial charge on any atom is 0.199 e. The topological polar surface area (TPSA) is 110 Å². The average molecular weight is 444 g/mol. The summed E-state index contributed by atoms with van der Waals surface area (Å²) in [7, 11) is 3.13. The Morgan fingerprint density at radius 2 is 1.64 bits per heavy atom. The molecule has 0 bridgehead atoms. The number of carbonyl (C=O) groups is 1.